The van der Waals surface area contributed by atoms with Crippen LogP contribution < -0.4 is 0 Å². The molecule has 2 heterocycles. The molecular formula is C13H11FN2O2. The summed E-state index contributed by atoms with van der Waals surface area (Å²) in [5.41, 5.74) is 1.17. The highest BCUT2D eigenvalue weighted by molar-refractivity contribution is 5.94. The highest BCUT2D eigenvalue weighted by atomic mass is 19.1. The molecule has 0 fully saturated rings. The molecule has 2 rings (SSSR count). The average molecular weight is 246 g/mol. The topological polar surface area (TPSA) is 52.1 Å². The third kappa shape index (κ3) is 2.20. The van der Waals surface area contributed by atoms with Crippen LogP contribution in [-0.4, -0.2) is 23.0 Å². The Kier molecular flexibility index (Phi) is 3.32. The summed E-state index contributed by atoms with van der Waals surface area (Å²) in [6.07, 6.45) is 2.98. The molecule has 5 heteroatoms. The van der Waals surface area contributed by atoms with E-state index in [1.54, 1.807) is 19.1 Å². The zero-order chi connectivity index (χ0) is 13.1. The highest BCUT2D eigenvalue weighted by Crippen LogP contribution is 2.23. The molecule has 2 aromatic heterocycles. The molecule has 0 unspecified atom stereocenters. The first-order valence-electron chi connectivity index (χ1n) is 5.29. The van der Waals surface area contributed by atoms with Crippen LogP contribution in [0.5, 0.6) is 0 Å². The summed E-state index contributed by atoms with van der Waals surface area (Å²) in [7, 11) is 1.25. The van der Waals surface area contributed by atoms with Crippen molar-refractivity contribution in [3.05, 3.63) is 47.7 Å². The minimum absolute atomic E-state index is 0.0512. The summed E-state index contributed by atoms with van der Waals surface area (Å²) in [4.78, 5) is 19.5. The molecule has 0 radical (unpaired) electrons. The molecule has 0 saturated carbocycles. The molecule has 0 atom stereocenters. The molecule has 0 aromatic carbocycles. The van der Waals surface area contributed by atoms with Crippen molar-refractivity contribution in [2.75, 3.05) is 7.11 Å². The second kappa shape index (κ2) is 4.91. The maximum atomic E-state index is 13.8. The van der Waals surface area contributed by atoms with Gasteiger partial charge in [-0.25, -0.2) is 14.2 Å². The van der Waals surface area contributed by atoms with Crippen molar-refractivity contribution in [3.63, 3.8) is 0 Å². The van der Waals surface area contributed by atoms with Crippen LogP contribution in [0.3, 0.4) is 0 Å². The average Bonchev–Trinajstić information content (AvgIpc) is 2.38. The van der Waals surface area contributed by atoms with E-state index in [0.717, 1.165) is 0 Å². The van der Waals surface area contributed by atoms with Gasteiger partial charge in [0.2, 0.25) is 0 Å². The van der Waals surface area contributed by atoms with Crippen LogP contribution >= 0.6 is 0 Å². The van der Waals surface area contributed by atoms with Crippen LogP contribution in [-0.2, 0) is 4.74 Å². The van der Waals surface area contributed by atoms with Crippen molar-refractivity contribution in [1.82, 2.24) is 9.97 Å². The summed E-state index contributed by atoms with van der Waals surface area (Å²) in [5.74, 6) is -1.11. The number of halogens is 1. The molecule has 92 valence electrons. The van der Waals surface area contributed by atoms with Gasteiger partial charge in [-0.05, 0) is 30.7 Å². The van der Waals surface area contributed by atoms with E-state index in [1.165, 1.54) is 25.6 Å². The summed E-state index contributed by atoms with van der Waals surface area (Å²) < 4.78 is 18.5. The fraction of sp³-hybridized carbons (Fsp3) is 0.154. The summed E-state index contributed by atoms with van der Waals surface area (Å²) in [6.45, 7) is 1.74. The SMILES string of the molecule is COC(=O)c1ncccc1-c1ncc(C)cc1F. The number of carbonyl (C=O) groups excluding carboxylic acids is 1. The van der Waals surface area contributed by atoms with E-state index in [9.17, 15) is 9.18 Å². The number of methoxy groups -OCH3 is 1. The molecule has 0 N–H and O–H groups in total. The van der Waals surface area contributed by atoms with Gasteiger partial charge in [-0.1, -0.05) is 0 Å². The molecule has 0 spiro atoms. The number of ether oxygens (including phenoxy) is 1. The Morgan fingerprint density at radius 3 is 2.83 bits per heavy atom. The number of hydrogen-bond acceptors (Lipinski definition) is 4. The monoisotopic (exact) mass is 246 g/mol. The Hall–Kier alpha value is -2.30. The molecule has 0 aliphatic heterocycles. The normalized spacial score (nSPS) is 10.2. The van der Waals surface area contributed by atoms with E-state index >= 15 is 0 Å². The Labute approximate surface area is 103 Å². The molecule has 0 aliphatic rings. The number of aromatic nitrogens is 2. The van der Waals surface area contributed by atoms with E-state index in [4.69, 9.17) is 0 Å². The highest BCUT2D eigenvalue weighted by Gasteiger charge is 2.18. The molecule has 0 bridgehead atoms. The van der Waals surface area contributed by atoms with Crippen molar-refractivity contribution < 1.29 is 13.9 Å². The lowest BCUT2D eigenvalue weighted by Gasteiger charge is -2.07. The molecule has 4 nitrogen and oxygen atoms in total. The number of esters is 1. The van der Waals surface area contributed by atoms with Gasteiger partial charge in [-0.15, -0.1) is 0 Å². The first kappa shape index (κ1) is 12.2. The predicted octanol–water partition coefficient (Wildman–Crippen LogP) is 2.38. The van der Waals surface area contributed by atoms with Crippen LogP contribution in [0.1, 0.15) is 16.1 Å². The lowest BCUT2D eigenvalue weighted by Crippen LogP contribution is -2.07. The number of aryl methyl sites for hydroxylation is 1. The van der Waals surface area contributed by atoms with Gasteiger partial charge in [0.25, 0.3) is 0 Å². The van der Waals surface area contributed by atoms with Crippen molar-refractivity contribution >= 4 is 5.97 Å². The zero-order valence-electron chi connectivity index (χ0n) is 9.98. The number of nitrogens with zero attached hydrogens (tertiary/aromatic N) is 2. The number of hydrogen-bond donors (Lipinski definition) is 0. The zero-order valence-corrected chi connectivity index (χ0v) is 9.98. The number of pyridine rings is 2. The van der Waals surface area contributed by atoms with Gasteiger partial charge < -0.3 is 4.74 Å². The predicted molar refractivity (Wildman–Crippen MR) is 63.5 cm³/mol. The van der Waals surface area contributed by atoms with Gasteiger partial charge in [-0.3, -0.25) is 4.98 Å². The standard InChI is InChI=1S/C13H11FN2O2/c1-8-6-10(14)11(16-7-8)9-4-3-5-15-12(9)13(17)18-2/h3-7H,1-2H3. The lowest BCUT2D eigenvalue weighted by molar-refractivity contribution is 0.0595. The van der Waals surface area contributed by atoms with Crippen LogP contribution in [0.4, 0.5) is 4.39 Å². The minimum atomic E-state index is -0.618. The Morgan fingerprint density at radius 1 is 1.39 bits per heavy atom. The molecule has 18 heavy (non-hydrogen) atoms. The van der Waals surface area contributed by atoms with Crippen LogP contribution in [0.15, 0.2) is 30.6 Å². The van der Waals surface area contributed by atoms with Gasteiger partial charge >= 0.3 is 5.97 Å². The van der Waals surface area contributed by atoms with Crippen LogP contribution in [0.25, 0.3) is 11.3 Å². The molecule has 0 amide bonds. The van der Waals surface area contributed by atoms with Gasteiger partial charge in [0.1, 0.15) is 11.5 Å². The van der Waals surface area contributed by atoms with E-state index in [1.807, 2.05) is 0 Å². The molecule has 2 aromatic rings. The van der Waals surface area contributed by atoms with E-state index in [2.05, 4.69) is 14.7 Å². The van der Waals surface area contributed by atoms with Crippen molar-refractivity contribution in [3.8, 4) is 11.3 Å². The van der Waals surface area contributed by atoms with Gasteiger partial charge in [0, 0.05) is 18.0 Å². The third-order valence-corrected chi connectivity index (χ3v) is 2.42. The van der Waals surface area contributed by atoms with Gasteiger partial charge in [-0.2, -0.15) is 0 Å². The van der Waals surface area contributed by atoms with E-state index < -0.39 is 11.8 Å². The summed E-state index contributed by atoms with van der Waals surface area (Å²) >= 11 is 0. The Morgan fingerprint density at radius 2 is 2.17 bits per heavy atom. The Bertz CT molecular complexity index is 599. The fourth-order valence-corrected chi connectivity index (χ4v) is 1.59. The quantitative estimate of drug-likeness (QED) is 0.763. The number of carbonyl (C=O) groups is 1. The smallest absolute Gasteiger partial charge is 0.357 e. The van der Waals surface area contributed by atoms with Crippen LogP contribution in [0, 0.1) is 12.7 Å². The summed E-state index contributed by atoms with van der Waals surface area (Å²) in [6, 6.07) is 4.55. The summed E-state index contributed by atoms with van der Waals surface area (Å²) in [5, 5.41) is 0. The van der Waals surface area contributed by atoms with Crippen molar-refractivity contribution in [2.45, 2.75) is 6.92 Å². The Balaban J connectivity index is 2.60. The first-order valence-corrected chi connectivity index (χ1v) is 5.29. The third-order valence-electron chi connectivity index (χ3n) is 2.42. The second-order valence-corrected chi connectivity index (χ2v) is 3.73. The first-order chi connectivity index (χ1) is 8.63. The fourth-order valence-electron chi connectivity index (χ4n) is 1.59. The van der Waals surface area contributed by atoms with Gasteiger partial charge in [0.05, 0.1) is 7.11 Å². The molecule has 0 aliphatic carbocycles. The van der Waals surface area contributed by atoms with E-state index in [-0.39, 0.29) is 11.4 Å². The maximum absolute atomic E-state index is 13.8. The van der Waals surface area contributed by atoms with Crippen LogP contribution in [0.2, 0.25) is 0 Å². The number of rotatable bonds is 2. The van der Waals surface area contributed by atoms with Gasteiger partial charge in [0.15, 0.2) is 5.69 Å². The largest absolute Gasteiger partial charge is 0.464 e. The van der Waals surface area contributed by atoms with Crippen molar-refractivity contribution in [2.24, 2.45) is 0 Å². The minimum Gasteiger partial charge on any atom is -0.464 e. The molecule has 0 saturated heterocycles. The van der Waals surface area contributed by atoms with Crippen molar-refractivity contribution in [1.29, 1.82) is 0 Å². The lowest BCUT2D eigenvalue weighted by atomic mass is 10.1. The molecular weight excluding hydrogens is 235 g/mol. The van der Waals surface area contributed by atoms with E-state index in [0.29, 0.717) is 11.1 Å². The maximum Gasteiger partial charge on any atom is 0.357 e. The second-order valence-electron chi connectivity index (χ2n) is 3.73.